The summed E-state index contributed by atoms with van der Waals surface area (Å²) in [6.07, 6.45) is 8.70. The van der Waals surface area contributed by atoms with E-state index in [1.165, 1.54) is 18.2 Å². The molecule has 0 fully saturated rings. The largest absolute Gasteiger partial charge is 0.507 e. The lowest BCUT2D eigenvalue weighted by atomic mass is 10.1. The van der Waals surface area contributed by atoms with Gasteiger partial charge in [-0.1, -0.05) is 24.8 Å². The van der Waals surface area contributed by atoms with Crippen molar-refractivity contribution < 1.29 is 24.7 Å². The Balaban J connectivity index is 1.87. The normalized spacial score (nSPS) is 10.1. The van der Waals surface area contributed by atoms with Crippen molar-refractivity contribution in [1.82, 2.24) is 5.48 Å². The number of hydroxylamine groups is 1. The summed E-state index contributed by atoms with van der Waals surface area (Å²) >= 11 is 0. The zero-order valence-corrected chi connectivity index (χ0v) is 17.0. The van der Waals surface area contributed by atoms with Crippen molar-refractivity contribution in [2.45, 2.75) is 38.5 Å². The van der Waals surface area contributed by atoms with Gasteiger partial charge in [0.15, 0.2) is 0 Å². The van der Waals surface area contributed by atoms with E-state index in [1.54, 1.807) is 29.7 Å². The van der Waals surface area contributed by atoms with E-state index in [4.69, 9.17) is 11.6 Å². The number of benzene rings is 2. The summed E-state index contributed by atoms with van der Waals surface area (Å²) in [5.41, 5.74) is 3.09. The Labute approximate surface area is 180 Å². The summed E-state index contributed by atoms with van der Waals surface area (Å²) < 4.78 is 0. The SMILES string of the molecule is C#Cc1cccc(NC(=O)c2cc(NC(=O)CCCCCCC(=O)NO)ccc2O)c1. The summed E-state index contributed by atoms with van der Waals surface area (Å²) in [4.78, 5) is 35.6. The van der Waals surface area contributed by atoms with Crippen molar-refractivity contribution in [3.8, 4) is 18.1 Å². The van der Waals surface area contributed by atoms with Gasteiger partial charge in [0.25, 0.3) is 5.91 Å². The molecule has 8 nitrogen and oxygen atoms in total. The fourth-order valence-corrected chi connectivity index (χ4v) is 2.88. The maximum atomic E-state index is 12.5. The average Bonchev–Trinajstić information content (AvgIpc) is 2.77. The van der Waals surface area contributed by atoms with E-state index in [9.17, 15) is 19.5 Å². The second-order valence-corrected chi connectivity index (χ2v) is 6.91. The van der Waals surface area contributed by atoms with E-state index in [-0.39, 0.29) is 30.1 Å². The molecule has 0 atom stereocenters. The monoisotopic (exact) mass is 423 g/mol. The molecule has 0 saturated heterocycles. The number of aromatic hydroxyl groups is 1. The molecule has 0 saturated carbocycles. The topological polar surface area (TPSA) is 128 Å². The number of nitrogens with one attached hydrogen (secondary N) is 3. The number of amides is 3. The zero-order chi connectivity index (χ0) is 22.6. The lowest BCUT2D eigenvalue weighted by Gasteiger charge is -2.10. The highest BCUT2D eigenvalue weighted by molar-refractivity contribution is 6.07. The van der Waals surface area contributed by atoms with Gasteiger partial charge in [-0.3, -0.25) is 19.6 Å². The Morgan fingerprint density at radius 2 is 1.55 bits per heavy atom. The van der Waals surface area contributed by atoms with Gasteiger partial charge in [-0.15, -0.1) is 6.42 Å². The highest BCUT2D eigenvalue weighted by Crippen LogP contribution is 2.23. The first-order chi connectivity index (χ1) is 14.9. The van der Waals surface area contributed by atoms with Gasteiger partial charge in [-0.2, -0.15) is 0 Å². The average molecular weight is 423 g/mol. The second-order valence-electron chi connectivity index (χ2n) is 6.91. The molecule has 8 heteroatoms. The molecular formula is C23H25N3O5. The number of carbonyl (C=O) groups excluding carboxylic acids is 3. The molecule has 2 aromatic carbocycles. The molecule has 0 spiro atoms. The van der Waals surface area contributed by atoms with Gasteiger partial charge in [-0.05, 0) is 49.2 Å². The predicted octanol–water partition coefficient (Wildman–Crippen LogP) is 3.41. The van der Waals surface area contributed by atoms with Crippen molar-refractivity contribution in [3.05, 3.63) is 53.6 Å². The number of phenols is 1. The highest BCUT2D eigenvalue weighted by Gasteiger charge is 2.14. The molecule has 0 aliphatic rings. The van der Waals surface area contributed by atoms with Crippen LogP contribution in [0.2, 0.25) is 0 Å². The number of hydrogen-bond donors (Lipinski definition) is 5. The van der Waals surface area contributed by atoms with Gasteiger partial charge in [0.05, 0.1) is 5.56 Å². The van der Waals surface area contributed by atoms with E-state index in [2.05, 4.69) is 16.6 Å². The summed E-state index contributed by atoms with van der Waals surface area (Å²) in [5.74, 6) is 1.10. The lowest BCUT2D eigenvalue weighted by molar-refractivity contribution is -0.129. The van der Waals surface area contributed by atoms with Crippen molar-refractivity contribution in [3.63, 3.8) is 0 Å². The number of terminal acetylenes is 1. The molecule has 31 heavy (non-hydrogen) atoms. The molecule has 0 heterocycles. The molecule has 2 rings (SSSR count). The van der Waals surface area contributed by atoms with Crippen LogP contribution in [-0.2, 0) is 9.59 Å². The van der Waals surface area contributed by atoms with Gasteiger partial charge >= 0.3 is 0 Å². The van der Waals surface area contributed by atoms with Crippen LogP contribution < -0.4 is 16.1 Å². The molecule has 0 aromatic heterocycles. The van der Waals surface area contributed by atoms with Crippen LogP contribution in [0.25, 0.3) is 0 Å². The molecule has 0 bridgehead atoms. The van der Waals surface area contributed by atoms with Crippen LogP contribution in [0.4, 0.5) is 11.4 Å². The quantitative estimate of drug-likeness (QED) is 0.132. The van der Waals surface area contributed by atoms with Gasteiger partial charge in [0, 0.05) is 29.8 Å². The smallest absolute Gasteiger partial charge is 0.259 e. The van der Waals surface area contributed by atoms with Crippen LogP contribution >= 0.6 is 0 Å². The number of unbranched alkanes of at least 4 members (excludes halogenated alkanes) is 3. The van der Waals surface area contributed by atoms with Crippen LogP contribution in [0.1, 0.15) is 54.4 Å². The molecule has 3 amide bonds. The Hall–Kier alpha value is -3.83. The Bertz CT molecular complexity index is 981. The van der Waals surface area contributed by atoms with E-state index in [0.29, 0.717) is 29.8 Å². The van der Waals surface area contributed by atoms with Crippen LogP contribution in [0.15, 0.2) is 42.5 Å². The van der Waals surface area contributed by atoms with Gasteiger partial charge < -0.3 is 15.7 Å². The van der Waals surface area contributed by atoms with Crippen LogP contribution in [0, 0.1) is 12.3 Å². The highest BCUT2D eigenvalue weighted by atomic mass is 16.5. The molecule has 2 aromatic rings. The minimum atomic E-state index is -0.533. The van der Waals surface area contributed by atoms with E-state index in [1.807, 2.05) is 0 Å². The van der Waals surface area contributed by atoms with Crippen molar-refractivity contribution in [2.75, 3.05) is 10.6 Å². The molecule has 0 aliphatic carbocycles. The Morgan fingerprint density at radius 1 is 0.871 bits per heavy atom. The van der Waals surface area contributed by atoms with E-state index < -0.39 is 11.8 Å². The number of rotatable bonds is 10. The van der Waals surface area contributed by atoms with Crippen LogP contribution in [-0.4, -0.2) is 28.0 Å². The number of carbonyl (C=O) groups is 3. The molecule has 0 unspecified atom stereocenters. The fourth-order valence-electron chi connectivity index (χ4n) is 2.88. The molecule has 5 N–H and O–H groups in total. The summed E-state index contributed by atoms with van der Waals surface area (Å²) in [6.45, 7) is 0. The van der Waals surface area contributed by atoms with Crippen molar-refractivity contribution in [1.29, 1.82) is 0 Å². The summed E-state index contributed by atoms with van der Waals surface area (Å²) in [6, 6.07) is 11.0. The predicted molar refractivity (Wildman–Crippen MR) is 117 cm³/mol. The first-order valence-electron chi connectivity index (χ1n) is 9.86. The maximum Gasteiger partial charge on any atom is 0.259 e. The third kappa shape index (κ3) is 7.84. The molecule has 0 radical (unpaired) electrons. The lowest BCUT2D eigenvalue weighted by Crippen LogP contribution is -2.17. The van der Waals surface area contributed by atoms with E-state index in [0.717, 1.165) is 12.8 Å². The summed E-state index contributed by atoms with van der Waals surface area (Å²) in [7, 11) is 0. The standard InChI is InChI=1S/C23H25N3O5/c1-2-16-8-7-9-17(14-16)25-23(30)19-15-18(12-13-20(19)27)24-21(28)10-5-3-4-6-11-22(29)26-31/h1,7-9,12-15,27,31H,3-6,10-11H2,(H,24,28)(H,25,30)(H,26,29). The van der Waals surface area contributed by atoms with Crippen molar-refractivity contribution >= 4 is 29.1 Å². The molecule has 0 aliphatic heterocycles. The number of hydrogen-bond acceptors (Lipinski definition) is 5. The maximum absolute atomic E-state index is 12.5. The zero-order valence-electron chi connectivity index (χ0n) is 17.0. The van der Waals surface area contributed by atoms with E-state index >= 15 is 0 Å². The first kappa shape index (κ1) is 23.4. The first-order valence-corrected chi connectivity index (χ1v) is 9.86. The minimum Gasteiger partial charge on any atom is -0.507 e. The third-order valence-corrected chi connectivity index (χ3v) is 4.49. The van der Waals surface area contributed by atoms with Crippen molar-refractivity contribution in [2.24, 2.45) is 0 Å². The third-order valence-electron chi connectivity index (χ3n) is 4.49. The fraction of sp³-hybridized carbons (Fsp3) is 0.261. The molecule has 162 valence electrons. The van der Waals surface area contributed by atoms with Crippen LogP contribution in [0.3, 0.4) is 0 Å². The van der Waals surface area contributed by atoms with Gasteiger partial charge in [0.1, 0.15) is 5.75 Å². The second kappa shape index (κ2) is 12.0. The Morgan fingerprint density at radius 3 is 2.23 bits per heavy atom. The van der Waals surface area contributed by atoms with Crippen LogP contribution in [0.5, 0.6) is 5.75 Å². The number of phenolic OH excluding ortho intramolecular Hbond substituents is 1. The van der Waals surface area contributed by atoms with Gasteiger partial charge in [-0.25, -0.2) is 5.48 Å². The van der Waals surface area contributed by atoms with Gasteiger partial charge in [0.2, 0.25) is 11.8 Å². The number of anilines is 2. The minimum absolute atomic E-state index is 0.0195. The Kier molecular flexibility index (Phi) is 9.08. The summed E-state index contributed by atoms with van der Waals surface area (Å²) in [5, 5.41) is 23.8. The molecular weight excluding hydrogens is 398 g/mol.